The predicted molar refractivity (Wildman–Crippen MR) is 76.4 cm³/mol. The Kier molecular flexibility index (Phi) is 3.18. The number of hydrogen-bond donors (Lipinski definition) is 1. The second kappa shape index (κ2) is 4.69. The van der Waals surface area contributed by atoms with E-state index in [2.05, 4.69) is 27.3 Å². The first-order chi connectivity index (χ1) is 8.63. The third kappa shape index (κ3) is 2.77. The standard InChI is InChI=1S/C15H18BrNO/c1-9-6-12(16)8-13(7-9)17-15(18)14(10-2-3-10)11-4-5-11/h6-8,10-11,14H,2-5H2,1H3,(H,17,18). The molecule has 1 amide bonds. The van der Waals surface area contributed by atoms with Gasteiger partial charge in [0.05, 0.1) is 0 Å². The van der Waals surface area contributed by atoms with Crippen LogP contribution in [0.3, 0.4) is 0 Å². The lowest BCUT2D eigenvalue weighted by Crippen LogP contribution is -2.26. The van der Waals surface area contributed by atoms with Gasteiger partial charge in [-0.15, -0.1) is 0 Å². The molecule has 1 aromatic carbocycles. The normalized spacial score (nSPS) is 19.1. The van der Waals surface area contributed by atoms with Crippen LogP contribution < -0.4 is 5.32 Å². The molecule has 0 aliphatic heterocycles. The molecular formula is C15H18BrNO. The molecule has 0 heterocycles. The number of nitrogens with one attached hydrogen (secondary N) is 1. The van der Waals surface area contributed by atoms with E-state index in [1.807, 2.05) is 19.1 Å². The average Bonchev–Trinajstić information content (AvgIpc) is 3.09. The van der Waals surface area contributed by atoms with Gasteiger partial charge in [-0.1, -0.05) is 15.9 Å². The highest BCUT2D eigenvalue weighted by Crippen LogP contribution is 2.49. The van der Waals surface area contributed by atoms with Crippen LogP contribution in [0.2, 0.25) is 0 Å². The van der Waals surface area contributed by atoms with Crippen molar-refractivity contribution in [3.05, 3.63) is 28.2 Å². The van der Waals surface area contributed by atoms with Crippen LogP contribution in [0.5, 0.6) is 0 Å². The molecule has 2 saturated carbocycles. The van der Waals surface area contributed by atoms with Crippen molar-refractivity contribution in [2.45, 2.75) is 32.6 Å². The largest absolute Gasteiger partial charge is 0.326 e. The monoisotopic (exact) mass is 307 g/mol. The minimum Gasteiger partial charge on any atom is -0.326 e. The van der Waals surface area contributed by atoms with E-state index in [-0.39, 0.29) is 11.8 Å². The highest BCUT2D eigenvalue weighted by molar-refractivity contribution is 9.10. The molecule has 1 N–H and O–H groups in total. The molecule has 0 aromatic heterocycles. The Morgan fingerprint density at radius 1 is 1.22 bits per heavy atom. The van der Waals surface area contributed by atoms with Crippen LogP contribution in [-0.4, -0.2) is 5.91 Å². The predicted octanol–water partition coefficient (Wildman–Crippen LogP) is 4.13. The summed E-state index contributed by atoms with van der Waals surface area (Å²) in [5, 5.41) is 3.10. The van der Waals surface area contributed by atoms with Gasteiger partial charge in [0.2, 0.25) is 5.91 Å². The number of rotatable bonds is 4. The second-order valence-electron chi connectivity index (χ2n) is 5.71. The summed E-state index contributed by atoms with van der Waals surface area (Å²) in [5.41, 5.74) is 2.08. The topological polar surface area (TPSA) is 29.1 Å². The Morgan fingerprint density at radius 3 is 2.33 bits per heavy atom. The van der Waals surface area contributed by atoms with Crippen molar-refractivity contribution in [3.8, 4) is 0 Å². The van der Waals surface area contributed by atoms with E-state index >= 15 is 0 Å². The molecule has 0 atom stereocenters. The molecule has 2 nitrogen and oxygen atoms in total. The number of anilines is 1. The first-order valence-electron chi connectivity index (χ1n) is 6.71. The van der Waals surface area contributed by atoms with Gasteiger partial charge in [0.1, 0.15) is 0 Å². The molecule has 2 fully saturated rings. The van der Waals surface area contributed by atoms with Crippen LogP contribution in [0.4, 0.5) is 5.69 Å². The summed E-state index contributed by atoms with van der Waals surface area (Å²) in [6, 6.07) is 6.05. The van der Waals surface area contributed by atoms with Crippen molar-refractivity contribution in [1.29, 1.82) is 0 Å². The van der Waals surface area contributed by atoms with Crippen molar-refractivity contribution in [2.75, 3.05) is 5.32 Å². The number of halogens is 1. The zero-order valence-corrected chi connectivity index (χ0v) is 12.2. The van der Waals surface area contributed by atoms with Crippen molar-refractivity contribution >= 4 is 27.5 Å². The van der Waals surface area contributed by atoms with Crippen LogP contribution in [0.25, 0.3) is 0 Å². The number of carbonyl (C=O) groups excluding carboxylic acids is 1. The number of hydrogen-bond acceptors (Lipinski definition) is 1. The quantitative estimate of drug-likeness (QED) is 0.890. The second-order valence-corrected chi connectivity index (χ2v) is 6.62. The Bertz CT molecular complexity index is 445. The number of benzene rings is 1. The summed E-state index contributed by atoms with van der Waals surface area (Å²) in [4.78, 5) is 12.4. The summed E-state index contributed by atoms with van der Waals surface area (Å²) in [5.74, 6) is 1.82. The van der Waals surface area contributed by atoms with Gasteiger partial charge in [0.25, 0.3) is 0 Å². The van der Waals surface area contributed by atoms with Gasteiger partial charge < -0.3 is 5.32 Å². The van der Waals surface area contributed by atoms with Gasteiger partial charge >= 0.3 is 0 Å². The molecule has 96 valence electrons. The first kappa shape index (κ1) is 12.2. The third-order valence-electron chi connectivity index (χ3n) is 3.87. The molecule has 2 aliphatic rings. The van der Waals surface area contributed by atoms with Crippen LogP contribution in [-0.2, 0) is 4.79 Å². The molecule has 0 radical (unpaired) electrons. The SMILES string of the molecule is Cc1cc(Br)cc(NC(=O)C(C2CC2)C2CC2)c1. The van der Waals surface area contributed by atoms with E-state index in [1.165, 1.54) is 25.7 Å². The maximum atomic E-state index is 12.4. The van der Waals surface area contributed by atoms with E-state index in [9.17, 15) is 4.79 Å². The molecule has 2 aliphatic carbocycles. The minimum absolute atomic E-state index is 0.234. The summed E-state index contributed by atoms with van der Waals surface area (Å²) in [6.45, 7) is 2.04. The highest BCUT2D eigenvalue weighted by Gasteiger charge is 2.45. The van der Waals surface area contributed by atoms with Crippen LogP contribution >= 0.6 is 15.9 Å². The van der Waals surface area contributed by atoms with Crippen LogP contribution in [0.1, 0.15) is 31.2 Å². The third-order valence-corrected chi connectivity index (χ3v) is 4.33. The molecule has 18 heavy (non-hydrogen) atoms. The molecule has 0 bridgehead atoms. The Morgan fingerprint density at radius 2 is 1.83 bits per heavy atom. The van der Waals surface area contributed by atoms with Crippen molar-refractivity contribution in [3.63, 3.8) is 0 Å². The van der Waals surface area contributed by atoms with Crippen LogP contribution in [0.15, 0.2) is 22.7 Å². The fourth-order valence-electron chi connectivity index (χ4n) is 2.76. The Hall–Kier alpha value is -0.830. The van der Waals surface area contributed by atoms with Crippen molar-refractivity contribution in [1.82, 2.24) is 0 Å². The number of carbonyl (C=O) groups is 1. The molecule has 0 unspecified atom stereocenters. The van der Waals surface area contributed by atoms with Crippen molar-refractivity contribution in [2.24, 2.45) is 17.8 Å². The molecule has 3 heteroatoms. The van der Waals surface area contributed by atoms with E-state index in [4.69, 9.17) is 0 Å². The number of amides is 1. The minimum atomic E-state index is 0.234. The average molecular weight is 308 g/mol. The van der Waals surface area contributed by atoms with Crippen LogP contribution in [0, 0.1) is 24.7 Å². The Balaban J connectivity index is 1.72. The zero-order chi connectivity index (χ0) is 12.7. The first-order valence-corrected chi connectivity index (χ1v) is 7.51. The van der Waals surface area contributed by atoms with Gasteiger partial charge in [0.15, 0.2) is 0 Å². The molecule has 0 saturated heterocycles. The number of aryl methyl sites for hydroxylation is 1. The lowest BCUT2D eigenvalue weighted by molar-refractivity contribution is -0.121. The van der Waals surface area contributed by atoms with Gasteiger partial charge in [-0.2, -0.15) is 0 Å². The van der Waals surface area contributed by atoms with E-state index in [0.29, 0.717) is 11.8 Å². The molecule has 3 rings (SSSR count). The fraction of sp³-hybridized carbons (Fsp3) is 0.533. The van der Waals surface area contributed by atoms with E-state index < -0.39 is 0 Å². The van der Waals surface area contributed by atoms with Gasteiger partial charge in [-0.05, 0) is 68.2 Å². The maximum Gasteiger partial charge on any atom is 0.228 e. The smallest absolute Gasteiger partial charge is 0.228 e. The maximum absolute atomic E-state index is 12.4. The van der Waals surface area contributed by atoms with E-state index in [0.717, 1.165) is 15.7 Å². The summed E-state index contributed by atoms with van der Waals surface area (Å²) in [7, 11) is 0. The lowest BCUT2D eigenvalue weighted by Gasteiger charge is -2.15. The molecule has 1 aromatic rings. The van der Waals surface area contributed by atoms with Gasteiger partial charge in [-0.25, -0.2) is 0 Å². The Labute approximate surface area is 116 Å². The fourth-order valence-corrected chi connectivity index (χ4v) is 3.37. The van der Waals surface area contributed by atoms with Gasteiger partial charge in [0, 0.05) is 16.1 Å². The molecular weight excluding hydrogens is 290 g/mol. The highest BCUT2D eigenvalue weighted by atomic mass is 79.9. The van der Waals surface area contributed by atoms with Gasteiger partial charge in [-0.3, -0.25) is 4.79 Å². The summed E-state index contributed by atoms with van der Waals surface area (Å²) >= 11 is 3.47. The van der Waals surface area contributed by atoms with Crippen molar-refractivity contribution < 1.29 is 4.79 Å². The van der Waals surface area contributed by atoms with E-state index in [1.54, 1.807) is 0 Å². The molecule has 0 spiro atoms. The summed E-state index contributed by atoms with van der Waals surface area (Å²) < 4.78 is 1.02. The zero-order valence-electron chi connectivity index (χ0n) is 10.6. The lowest BCUT2D eigenvalue weighted by atomic mass is 9.97. The summed E-state index contributed by atoms with van der Waals surface area (Å²) in [6.07, 6.45) is 4.97.